The van der Waals surface area contributed by atoms with Crippen LogP contribution in [0.15, 0.2) is 17.1 Å². The maximum absolute atomic E-state index is 12.1. The molecule has 2 unspecified atom stereocenters. The van der Waals surface area contributed by atoms with Crippen LogP contribution in [0.25, 0.3) is 0 Å². The standard InChI is InChI=1S/C20H37N5O2.HI/c1-15(2)17(23-19(26)27-20(3,4)5)13-22-18(21-6)25-12-9-16(14-25)24-10-7-8-11-24;/h7-8,15-17H,9-14H2,1-6H3,(H,21,22)(H,23,26);1H. The highest BCUT2D eigenvalue weighted by Gasteiger charge is 2.30. The number of hydrogen-bond acceptors (Lipinski definition) is 4. The Bertz CT molecular complexity index is 551. The van der Waals surface area contributed by atoms with E-state index in [9.17, 15) is 4.79 Å². The molecule has 28 heavy (non-hydrogen) atoms. The van der Waals surface area contributed by atoms with E-state index in [4.69, 9.17) is 4.74 Å². The molecule has 2 atom stereocenters. The number of carbonyl (C=O) groups is 1. The van der Waals surface area contributed by atoms with Crippen molar-refractivity contribution < 1.29 is 9.53 Å². The third-order valence-electron chi connectivity index (χ3n) is 5.02. The predicted octanol–water partition coefficient (Wildman–Crippen LogP) is 2.68. The van der Waals surface area contributed by atoms with E-state index in [1.807, 2.05) is 27.8 Å². The number of guanidine groups is 1. The number of ether oxygens (including phenoxy) is 1. The van der Waals surface area contributed by atoms with Gasteiger partial charge in [-0.3, -0.25) is 9.89 Å². The number of rotatable bonds is 5. The number of aliphatic imine (C=N–C) groups is 1. The Labute approximate surface area is 187 Å². The summed E-state index contributed by atoms with van der Waals surface area (Å²) in [6.07, 6.45) is 5.27. The zero-order valence-electron chi connectivity index (χ0n) is 18.2. The van der Waals surface area contributed by atoms with Gasteiger partial charge in [0.1, 0.15) is 5.60 Å². The molecule has 0 spiro atoms. The summed E-state index contributed by atoms with van der Waals surface area (Å²) in [6, 6.07) is 0.553. The zero-order chi connectivity index (χ0) is 20.0. The quantitative estimate of drug-likeness (QED) is 0.259. The highest BCUT2D eigenvalue weighted by Crippen LogP contribution is 2.18. The molecule has 162 valence electrons. The number of nitrogens with one attached hydrogen (secondary N) is 2. The summed E-state index contributed by atoms with van der Waals surface area (Å²) in [7, 11) is 1.82. The summed E-state index contributed by atoms with van der Waals surface area (Å²) in [5, 5.41) is 6.43. The predicted molar refractivity (Wildman–Crippen MR) is 125 cm³/mol. The van der Waals surface area contributed by atoms with Crippen LogP contribution in [-0.2, 0) is 4.74 Å². The van der Waals surface area contributed by atoms with Gasteiger partial charge in [-0.2, -0.15) is 0 Å². The average Bonchev–Trinajstić information content (AvgIpc) is 3.23. The van der Waals surface area contributed by atoms with E-state index in [1.165, 1.54) is 0 Å². The van der Waals surface area contributed by atoms with E-state index in [0.29, 0.717) is 12.6 Å². The zero-order valence-corrected chi connectivity index (χ0v) is 20.5. The molecule has 0 aromatic rings. The number of amides is 1. The Hall–Kier alpha value is -1.03. The van der Waals surface area contributed by atoms with Gasteiger partial charge < -0.3 is 20.3 Å². The molecule has 2 N–H and O–H groups in total. The first-order valence-corrected chi connectivity index (χ1v) is 10.0. The number of likely N-dealkylation sites (tertiary alicyclic amines) is 1. The fourth-order valence-electron chi connectivity index (χ4n) is 3.47. The minimum atomic E-state index is -0.496. The van der Waals surface area contributed by atoms with Crippen molar-refractivity contribution in [2.75, 3.05) is 39.8 Å². The molecule has 2 rings (SSSR count). The smallest absolute Gasteiger partial charge is 0.407 e. The van der Waals surface area contributed by atoms with Crippen LogP contribution >= 0.6 is 24.0 Å². The van der Waals surface area contributed by atoms with Crippen molar-refractivity contribution in [3.8, 4) is 0 Å². The van der Waals surface area contributed by atoms with Gasteiger partial charge in [0, 0.05) is 45.8 Å². The van der Waals surface area contributed by atoms with E-state index in [-0.39, 0.29) is 42.0 Å². The second-order valence-corrected chi connectivity index (χ2v) is 8.74. The van der Waals surface area contributed by atoms with Crippen LogP contribution in [0.5, 0.6) is 0 Å². The molecule has 1 amide bonds. The molecular weight excluding hydrogens is 469 g/mol. The lowest BCUT2D eigenvalue weighted by Gasteiger charge is -2.29. The van der Waals surface area contributed by atoms with Gasteiger partial charge in [-0.05, 0) is 33.1 Å². The van der Waals surface area contributed by atoms with Crippen LogP contribution < -0.4 is 10.6 Å². The van der Waals surface area contributed by atoms with Crippen LogP contribution in [0.4, 0.5) is 4.79 Å². The molecule has 0 aromatic heterocycles. The highest BCUT2D eigenvalue weighted by atomic mass is 127. The fraction of sp³-hybridized carbons (Fsp3) is 0.800. The molecule has 2 heterocycles. The van der Waals surface area contributed by atoms with Gasteiger partial charge in [0.2, 0.25) is 0 Å². The van der Waals surface area contributed by atoms with Crippen LogP contribution in [0.2, 0.25) is 0 Å². The van der Waals surface area contributed by atoms with Gasteiger partial charge in [0.25, 0.3) is 0 Å². The third kappa shape index (κ3) is 7.77. The summed E-state index contributed by atoms with van der Waals surface area (Å²) in [4.78, 5) is 21.4. The van der Waals surface area contributed by atoms with Gasteiger partial charge >= 0.3 is 6.09 Å². The third-order valence-corrected chi connectivity index (χ3v) is 5.02. The summed E-state index contributed by atoms with van der Waals surface area (Å²) < 4.78 is 5.39. The number of carbonyl (C=O) groups excluding carboxylic acids is 1. The molecule has 8 heteroatoms. The Balaban J connectivity index is 0.00000392. The van der Waals surface area contributed by atoms with Crippen LogP contribution in [0.1, 0.15) is 41.0 Å². The van der Waals surface area contributed by atoms with Crippen LogP contribution in [0.3, 0.4) is 0 Å². The van der Waals surface area contributed by atoms with E-state index < -0.39 is 5.60 Å². The van der Waals surface area contributed by atoms with Gasteiger partial charge in [-0.1, -0.05) is 26.0 Å². The molecule has 0 aromatic carbocycles. The van der Waals surface area contributed by atoms with E-state index >= 15 is 0 Å². The first-order chi connectivity index (χ1) is 12.7. The Morgan fingerprint density at radius 1 is 1.29 bits per heavy atom. The summed E-state index contributed by atoms with van der Waals surface area (Å²) >= 11 is 0. The van der Waals surface area contributed by atoms with Crippen LogP contribution in [0, 0.1) is 5.92 Å². The van der Waals surface area contributed by atoms with Crippen molar-refractivity contribution >= 4 is 36.0 Å². The molecule has 0 bridgehead atoms. The first kappa shape index (κ1) is 25.0. The monoisotopic (exact) mass is 507 g/mol. The number of alkyl carbamates (subject to hydrolysis) is 1. The van der Waals surface area contributed by atoms with Gasteiger partial charge in [0.05, 0.1) is 6.04 Å². The molecule has 2 aliphatic heterocycles. The van der Waals surface area contributed by atoms with Crippen molar-refractivity contribution in [3.63, 3.8) is 0 Å². The maximum atomic E-state index is 12.1. The van der Waals surface area contributed by atoms with E-state index in [1.54, 1.807) is 0 Å². The molecule has 7 nitrogen and oxygen atoms in total. The average molecular weight is 507 g/mol. The molecule has 2 aliphatic rings. The van der Waals surface area contributed by atoms with Crippen molar-refractivity contribution in [2.24, 2.45) is 10.9 Å². The number of nitrogens with zero attached hydrogens (tertiary/aromatic N) is 3. The number of hydrogen-bond donors (Lipinski definition) is 2. The fourth-order valence-corrected chi connectivity index (χ4v) is 3.47. The topological polar surface area (TPSA) is 69.2 Å². The van der Waals surface area contributed by atoms with Crippen LogP contribution in [-0.4, -0.2) is 79.3 Å². The Kier molecular flexibility index (Phi) is 10.0. The van der Waals surface area contributed by atoms with Gasteiger partial charge in [-0.15, -0.1) is 24.0 Å². The largest absolute Gasteiger partial charge is 0.444 e. The van der Waals surface area contributed by atoms with Crippen molar-refractivity contribution in [3.05, 3.63) is 12.2 Å². The van der Waals surface area contributed by atoms with Crippen molar-refractivity contribution in [1.82, 2.24) is 20.4 Å². The molecule has 1 saturated heterocycles. The first-order valence-electron chi connectivity index (χ1n) is 10.0. The summed E-state index contributed by atoms with van der Waals surface area (Å²) in [5.74, 6) is 1.19. The molecule has 0 aliphatic carbocycles. The lowest BCUT2D eigenvalue weighted by molar-refractivity contribution is 0.0491. The summed E-state index contributed by atoms with van der Waals surface area (Å²) in [6.45, 7) is 14.5. The second kappa shape index (κ2) is 11.2. The minimum absolute atomic E-state index is 0. The molecule has 1 fully saturated rings. The maximum Gasteiger partial charge on any atom is 0.407 e. The minimum Gasteiger partial charge on any atom is -0.444 e. The van der Waals surface area contributed by atoms with E-state index in [0.717, 1.165) is 38.6 Å². The van der Waals surface area contributed by atoms with Gasteiger partial charge in [0.15, 0.2) is 5.96 Å². The second-order valence-electron chi connectivity index (χ2n) is 8.74. The van der Waals surface area contributed by atoms with Gasteiger partial charge in [-0.25, -0.2) is 4.79 Å². The number of halogens is 1. The van der Waals surface area contributed by atoms with E-state index in [2.05, 4.69) is 51.4 Å². The van der Waals surface area contributed by atoms with Crippen molar-refractivity contribution in [1.29, 1.82) is 0 Å². The SMILES string of the molecule is CN=C(NCC(NC(=O)OC(C)(C)C)C(C)C)N1CCC(N2CC=CC2)C1.I. The molecule has 0 saturated carbocycles. The lowest BCUT2D eigenvalue weighted by Crippen LogP contribution is -2.51. The molecule has 0 radical (unpaired) electrons. The molecular formula is C20H38IN5O2. The lowest BCUT2D eigenvalue weighted by atomic mass is 10.0. The normalized spacial score (nSPS) is 21.6. The van der Waals surface area contributed by atoms with Crippen molar-refractivity contribution in [2.45, 2.75) is 58.7 Å². The Morgan fingerprint density at radius 2 is 1.93 bits per heavy atom. The Morgan fingerprint density at radius 3 is 2.46 bits per heavy atom. The summed E-state index contributed by atoms with van der Waals surface area (Å²) in [5.41, 5.74) is -0.496. The highest BCUT2D eigenvalue weighted by molar-refractivity contribution is 14.0.